The lowest BCUT2D eigenvalue weighted by Crippen LogP contribution is -2.44. The Kier molecular flexibility index (Phi) is 11.1. The molecule has 186 valence electrons. The summed E-state index contributed by atoms with van der Waals surface area (Å²) in [5.41, 5.74) is -1.36. The predicted molar refractivity (Wildman–Crippen MR) is 125 cm³/mol. The fourth-order valence-electron chi connectivity index (χ4n) is 2.82. The SMILES string of the molecule is CC(C)(C)OC(=O)N(CCCCCCCCOc1ccc([N+](=O)[O-])cc1)C(=O)OC(C)(C)C. The number of benzene rings is 1. The van der Waals surface area contributed by atoms with Crippen molar-refractivity contribution in [3.05, 3.63) is 34.4 Å². The summed E-state index contributed by atoms with van der Waals surface area (Å²) >= 11 is 0. The maximum atomic E-state index is 12.4. The molecule has 33 heavy (non-hydrogen) atoms. The van der Waals surface area contributed by atoms with Crippen LogP contribution >= 0.6 is 0 Å². The second kappa shape index (κ2) is 13.0. The molecule has 1 aromatic carbocycles. The summed E-state index contributed by atoms with van der Waals surface area (Å²) < 4.78 is 16.3. The van der Waals surface area contributed by atoms with Gasteiger partial charge in [-0.3, -0.25) is 10.1 Å². The molecule has 0 aliphatic carbocycles. The summed E-state index contributed by atoms with van der Waals surface area (Å²) in [6.07, 6.45) is 3.97. The molecule has 0 saturated heterocycles. The quantitative estimate of drug-likeness (QED) is 0.208. The van der Waals surface area contributed by atoms with Gasteiger partial charge in [0.1, 0.15) is 17.0 Å². The maximum Gasteiger partial charge on any atom is 0.419 e. The van der Waals surface area contributed by atoms with Gasteiger partial charge >= 0.3 is 12.2 Å². The molecular formula is C24H38N2O7. The molecule has 0 saturated carbocycles. The van der Waals surface area contributed by atoms with Crippen LogP contribution in [-0.2, 0) is 9.47 Å². The summed E-state index contributed by atoms with van der Waals surface area (Å²) in [6.45, 7) is 11.3. The molecule has 9 heteroatoms. The van der Waals surface area contributed by atoms with Crippen molar-refractivity contribution in [2.75, 3.05) is 13.2 Å². The molecule has 0 N–H and O–H groups in total. The Hall–Kier alpha value is -2.84. The molecule has 0 bridgehead atoms. The monoisotopic (exact) mass is 466 g/mol. The first-order valence-electron chi connectivity index (χ1n) is 11.4. The summed E-state index contributed by atoms with van der Waals surface area (Å²) in [5, 5.41) is 10.6. The van der Waals surface area contributed by atoms with Gasteiger partial charge < -0.3 is 14.2 Å². The molecule has 0 aromatic heterocycles. The van der Waals surface area contributed by atoms with Gasteiger partial charge in [-0.25, -0.2) is 14.5 Å². The highest BCUT2D eigenvalue weighted by Crippen LogP contribution is 2.18. The van der Waals surface area contributed by atoms with Crippen LogP contribution in [0.2, 0.25) is 0 Å². The van der Waals surface area contributed by atoms with Crippen LogP contribution in [0, 0.1) is 10.1 Å². The molecule has 0 aliphatic heterocycles. The van der Waals surface area contributed by atoms with Gasteiger partial charge in [0, 0.05) is 18.7 Å². The smallest absolute Gasteiger partial charge is 0.419 e. The number of hydrogen-bond acceptors (Lipinski definition) is 7. The number of imide groups is 1. The maximum absolute atomic E-state index is 12.4. The highest BCUT2D eigenvalue weighted by Gasteiger charge is 2.30. The van der Waals surface area contributed by atoms with Crippen molar-refractivity contribution in [1.82, 2.24) is 4.90 Å². The van der Waals surface area contributed by atoms with Gasteiger partial charge in [-0.15, -0.1) is 0 Å². The molecule has 2 amide bonds. The summed E-state index contributed by atoms with van der Waals surface area (Å²) in [5.74, 6) is 0.616. The van der Waals surface area contributed by atoms with Crippen LogP contribution in [0.4, 0.5) is 15.3 Å². The topological polar surface area (TPSA) is 108 Å². The van der Waals surface area contributed by atoms with E-state index < -0.39 is 28.3 Å². The first-order valence-corrected chi connectivity index (χ1v) is 11.4. The average molecular weight is 467 g/mol. The highest BCUT2D eigenvalue weighted by molar-refractivity contribution is 5.88. The zero-order valence-corrected chi connectivity index (χ0v) is 20.7. The zero-order chi connectivity index (χ0) is 25.1. The average Bonchev–Trinajstić information content (AvgIpc) is 2.66. The van der Waals surface area contributed by atoms with Crippen LogP contribution in [0.1, 0.15) is 80.1 Å². The van der Waals surface area contributed by atoms with Crippen LogP contribution in [-0.4, -0.2) is 46.4 Å². The lowest BCUT2D eigenvalue weighted by Gasteiger charge is -2.28. The Morgan fingerprint density at radius 2 is 1.27 bits per heavy atom. The first-order chi connectivity index (χ1) is 15.3. The number of carbonyl (C=O) groups excluding carboxylic acids is 2. The summed E-state index contributed by atoms with van der Waals surface area (Å²) in [4.78, 5) is 36.1. The van der Waals surface area contributed by atoms with Crippen molar-refractivity contribution >= 4 is 17.9 Å². The van der Waals surface area contributed by atoms with E-state index in [1.165, 1.54) is 12.1 Å². The van der Waals surface area contributed by atoms with Crippen LogP contribution in [0.25, 0.3) is 0 Å². The van der Waals surface area contributed by atoms with Crippen molar-refractivity contribution in [2.45, 2.75) is 91.3 Å². The number of unbranched alkanes of at least 4 members (excludes halogenated alkanes) is 5. The predicted octanol–water partition coefficient (Wildman–Crippen LogP) is 6.49. The Labute approximate surface area is 196 Å². The van der Waals surface area contributed by atoms with E-state index in [-0.39, 0.29) is 12.2 Å². The second-order valence-electron chi connectivity index (χ2n) is 9.83. The lowest BCUT2D eigenvalue weighted by atomic mass is 10.1. The third kappa shape index (κ3) is 12.7. The lowest BCUT2D eigenvalue weighted by molar-refractivity contribution is -0.384. The van der Waals surface area contributed by atoms with Crippen molar-refractivity contribution in [2.24, 2.45) is 0 Å². The van der Waals surface area contributed by atoms with E-state index in [2.05, 4.69) is 0 Å². The van der Waals surface area contributed by atoms with Gasteiger partial charge in [-0.2, -0.15) is 0 Å². The first kappa shape index (κ1) is 28.2. The summed E-state index contributed by atoms with van der Waals surface area (Å²) in [7, 11) is 0. The van der Waals surface area contributed by atoms with Crippen molar-refractivity contribution in [1.29, 1.82) is 0 Å². The highest BCUT2D eigenvalue weighted by atomic mass is 16.6. The van der Waals surface area contributed by atoms with E-state index in [4.69, 9.17) is 14.2 Å². The Bertz CT molecular complexity index is 737. The molecule has 0 unspecified atom stereocenters. The molecule has 9 nitrogen and oxygen atoms in total. The van der Waals surface area contributed by atoms with E-state index >= 15 is 0 Å². The Balaban J connectivity index is 2.30. The third-order valence-corrected chi connectivity index (χ3v) is 4.32. The zero-order valence-electron chi connectivity index (χ0n) is 20.7. The standard InChI is InChI=1S/C24H38N2O7/c1-23(2,3)32-21(27)25(22(28)33-24(4,5)6)17-11-9-7-8-10-12-18-31-20-15-13-19(14-16-20)26(29)30/h13-16H,7-12,17-18H2,1-6H3. The number of amides is 2. The number of ether oxygens (including phenoxy) is 3. The molecule has 0 atom stereocenters. The van der Waals surface area contributed by atoms with E-state index in [0.717, 1.165) is 37.0 Å². The molecule has 0 spiro atoms. The third-order valence-electron chi connectivity index (χ3n) is 4.32. The molecule has 1 aromatic rings. The Morgan fingerprint density at radius 3 is 1.73 bits per heavy atom. The Morgan fingerprint density at radius 1 is 0.818 bits per heavy atom. The van der Waals surface area contributed by atoms with E-state index in [1.807, 2.05) is 0 Å². The number of nitro benzene ring substituents is 1. The molecule has 1 rings (SSSR count). The van der Waals surface area contributed by atoms with Crippen LogP contribution in [0.5, 0.6) is 5.75 Å². The molecule has 0 radical (unpaired) electrons. The minimum Gasteiger partial charge on any atom is -0.494 e. The van der Waals surface area contributed by atoms with E-state index in [0.29, 0.717) is 18.8 Å². The number of non-ortho nitro benzene ring substituents is 1. The number of nitro groups is 1. The number of hydrogen-bond donors (Lipinski definition) is 0. The van der Waals surface area contributed by atoms with Crippen LogP contribution < -0.4 is 4.74 Å². The molecule has 0 fully saturated rings. The van der Waals surface area contributed by atoms with Crippen molar-refractivity contribution < 1.29 is 28.7 Å². The van der Waals surface area contributed by atoms with E-state index in [1.54, 1.807) is 53.7 Å². The second-order valence-corrected chi connectivity index (χ2v) is 9.83. The van der Waals surface area contributed by atoms with Crippen molar-refractivity contribution in [3.8, 4) is 5.75 Å². The minimum atomic E-state index is -0.701. The van der Waals surface area contributed by atoms with Gasteiger partial charge in [0.05, 0.1) is 11.5 Å². The van der Waals surface area contributed by atoms with Crippen molar-refractivity contribution in [3.63, 3.8) is 0 Å². The molecular weight excluding hydrogens is 428 g/mol. The van der Waals surface area contributed by atoms with Crippen LogP contribution in [0.3, 0.4) is 0 Å². The number of carbonyl (C=O) groups is 2. The number of rotatable bonds is 11. The van der Waals surface area contributed by atoms with Gasteiger partial charge in [0.25, 0.3) is 5.69 Å². The largest absolute Gasteiger partial charge is 0.494 e. The van der Waals surface area contributed by atoms with Gasteiger partial charge in [-0.05, 0) is 66.5 Å². The normalized spacial score (nSPS) is 11.6. The summed E-state index contributed by atoms with van der Waals surface area (Å²) in [6, 6.07) is 6.04. The molecule has 0 heterocycles. The van der Waals surface area contributed by atoms with Gasteiger partial charge in [0.15, 0.2) is 0 Å². The van der Waals surface area contributed by atoms with Gasteiger partial charge in [0.2, 0.25) is 0 Å². The van der Waals surface area contributed by atoms with Crippen LogP contribution in [0.15, 0.2) is 24.3 Å². The number of nitrogens with zero attached hydrogens (tertiary/aromatic N) is 2. The molecule has 0 aliphatic rings. The fraction of sp³-hybridized carbons (Fsp3) is 0.667. The van der Waals surface area contributed by atoms with E-state index in [9.17, 15) is 19.7 Å². The van der Waals surface area contributed by atoms with Gasteiger partial charge in [-0.1, -0.05) is 25.7 Å². The minimum absolute atomic E-state index is 0.0410. The fourth-order valence-corrected chi connectivity index (χ4v) is 2.82.